The van der Waals surface area contributed by atoms with Crippen LogP contribution in [0.3, 0.4) is 0 Å². The van der Waals surface area contributed by atoms with E-state index in [1.807, 2.05) is 0 Å². The molecule has 0 bridgehead atoms. The van der Waals surface area contributed by atoms with E-state index in [4.69, 9.17) is 16.1 Å². The lowest BCUT2D eigenvalue weighted by Gasteiger charge is -2.08. The molecule has 136 valence electrons. The van der Waals surface area contributed by atoms with Crippen molar-refractivity contribution in [3.63, 3.8) is 0 Å². The summed E-state index contributed by atoms with van der Waals surface area (Å²) in [6.07, 6.45) is 0.205. The Morgan fingerprint density at radius 3 is 2.73 bits per heavy atom. The summed E-state index contributed by atoms with van der Waals surface area (Å²) in [4.78, 5) is 4.25. The molecule has 0 saturated heterocycles. The monoisotopic (exact) mass is 395 g/mol. The largest absolute Gasteiger partial charge is 0.339 e. The van der Waals surface area contributed by atoms with Crippen LogP contribution in [0.15, 0.2) is 51.9 Å². The molecule has 0 unspecified atom stereocenters. The fourth-order valence-electron chi connectivity index (χ4n) is 2.39. The number of halogens is 2. The van der Waals surface area contributed by atoms with Gasteiger partial charge in [-0.15, -0.1) is 0 Å². The van der Waals surface area contributed by atoms with Gasteiger partial charge in [0.1, 0.15) is 5.82 Å². The predicted octanol–water partition coefficient (Wildman–Crippen LogP) is 3.36. The highest BCUT2D eigenvalue weighted by atomic mass is 35.5. The highest BCUT2D eigenvalue weighted by Crippen LogP contribution is 2.24. The molecule has 2 aromatic carbocycles. The summed E-state index contributed by atoms with van der Waals surface area (Å²) in [5.74, 6) is 0.126. The van der Waals surface area contributed by atoms with Crippen LogP contribution in [0, 0.1) is 12.7 Å². The molecule has 0 aliphatic heterocycles. The Bertz CT molecular complexity index is 1040. The van der Waals surface area contributed by atoms with E-state index in [0.717, 1.165) is 6.07 Å². The molecule has 0 spiro atoms. The van der Waals surface area contributed by atoms with Crippen LogP contribution < -0.4 is 4.72 Å². The van der Waals surface area contributed by atoms with Crippen LogP contribution in [-0.2, 0) is 16.4 Å². The van der Waals surface area contributed by atoms with E-state index in [-0.39, 0.29) is 23.8 Å². The summed E-state index contributed by atoms with van der Waals surface area (Å²) in [6, 6.07) is 10.6. The van der Waals surface area contributed by atoms with E-state index in [1.165, 1.54) is 19.1 Å². The predicted molar refractivity (Wildman–Crippen MR) is 94.8 cm³/mol. The number of hydrogen-bond acceptors (Lipinski definition) is 5. The number of aryl methyl sites for hydroxylation is 1. The van der Waals surface area contributed by atoms with Gasteiger partial charge < -0.3 is 4.52 Å². The van der Waals surface area contributed by atoms with Gasteiger partial charge in [0, 0.05) is 18.5 Å². The van der Waals surface area contributed by atoms with Crippen molar-refractivity contribution in [2.75, 3.05) is 6.54 Å². The van der Waals surface area contributed by atoms with E-state index in [1.54, 1.807) is 24.3 Å². The maximum Gasteiger partial charge on any atom is 0.240 e. The molecule has 1 heterocycles. The molecule has 3 rings (SSSR count). The minimum atomic E-state index is -3.76. The number of sulfonamides is 1. The molecule has 6 nitrogen and oxygen atoms in total. The first-order valence-electron chi connectivity index (χ1n) is 7.70. The van der Waals surface area contributed by atoms with Crippen LogP contribution in [0.5, 0.6) is 0 Å². The van der Waals surface area contributed by atoms with Crippen LogP contribution in [0.2, 0.25) is 5.02 Å². The number of nitrogens with one attached hydrogen (secondary N) is 1. The standard InChI is InChI=1S/C17H15ClFN3O3S/c1-11-10-12(19)6-7-15(11)26(23,24)20-9-8-16-21-17(22-25-16)13-4-2-3-5-14(13)18/h2-7,10,20H,8-9H2,1H3. The second-order valence-corrected chi connectivity index (χ2v) is 7.69. The van der Waals surface area contributed by atoms with Gasteiger partial charge in [0.05, 0.1) is 9.92 Å². The first-order valence-corrected chi connectivity index (χ1v) is 9.56. The Morgan fingerprint density at radius 2 is 2.00 bits per heavy atom. The zero-order chi connectivity index (χ0) is 18.7. The third kappa shape index (κ3) is 4.09. The summed E-state index contributed by atoms with van der Waals surface area (Å²) in [5, 5.41) is 4.35. The quantitative estimate of drug-likeness (QED) is 0.691. The number of benzene rings is 2. The van der Waals surface area contributed by atoms with Crippen LogP contribution >= 0.6 is 11.6 Å². The lowest BCUT2D eigenvalue weighted by atomic mass is 10.2. The summed E-state index contributed by atoms with van der Waals surface area (Å²) in [7, 11) is -3.76. The van der Waals surface area contributed by atoms with E-state index < -0.39 is 15.8 Å². The normalized spacial score (nSPS) is 11.7. The van der Waals surface area contributed by atoms with Gasteiger partial charge in [-0.25, -0.2) is 17.5 Å². The van der Waals surface area contributed by atoms with Gasteiger partial charge in [-0.2, -0.15) is 4.98 Å². The van der Waals surface area contributed by atoms with Crippen LogP contribution in [0.25, 0.3) is 11.4 Å². The van der Waals surface area contributed by atoms with Crippen molar-refractivity contribution in [2.45, 2.75) is 18.2 Å². The van der Waals surface area contributed by atoms with Gasteiger partial charge in [0.25, 0.3) is 0 Å². The summed E-state index contributed by atoms with van der Waals surface area (Å²) in [5.41, 5.74) is 0.961. The number of rotatable bonds is 6. The topological polar surface area (TPSA) is 85.1 Å². The van der Waals surface area contributed by atoms with Crippen molar-refractivity contribution in [1.29, 1.82) is 0 Å². The first kappa shape index (κ1) is 18.5. The SMILES string of the molecule is Cc1cc(F)ccc1S(=O)(=O)NCCc1nc(-c2ccccc2Cl)no1. The summed E-state index contributed by atoms with van der Waals surface area (Å²) in [6.45, 7) is 1.59. The Balaban J connectivity index is 1.66. The average molecular weight is 396 g/mol. The molecule has 3 aromatic rings. The van der Waals surface area contributed by atoms with Crippen molar-refractivity contribution in [3.8, 4) is 11.4 Å². The van der Waals surface area contributed by atoms with Crippen molar-refractivity contribution in [1.82, 2.24) is 14.9 Å². The fourth-order valence-corrected chi connectivity index (χ4v) is 3.87. The molecule has 0 radical (unpaired) electrons. The number of hydrogen-bond donors (Lipinski definition) is 1. The van der Waals surface area contributed by atoms with E-state index >= 15 is 0 Å². The molecule has 0 amide bonds. The van der Waals surface area contributed by atoms with Crippen molar-refractivity contribution in [3.05, 3.63) is 64.8 Å². The highest BCUT2D eigenvalue weighted by Gasteiger charge is 2.18. The second kappa shape index (κ2) is 7.53. The van der Waals surface area contributed by atoms with Crippen LogP contribution in [0.4, 0.5) is 4.39 Å². The minimum Gasteiger partial charge on any atom is -0.339 e. The molecule has 0 aliphatic rings. The molecule has 26 heavy (non-hydrogen) atoms. The molecule has 1 aromatic heterocycles. The Labute approximate surface area is 155 Å². The molecule has 0 saturated carbocycles. The zero-order valence-electron chi connectivity index (χ0n) is 13.7. The van der Waals surface area contributed by atoms with Gasteiger partial charge in [-0.1, -0.05) is 28.9 Å². The maximum atomic E-state index is 13.1. The van der Waals surface area contributed by atoms with Gasteiger partial charge in [0.15, 0.2) is 0 Å². The maximum absolute atomic E-state index is 13.1. The molecule has 1 N–H and O–H groups in total. The Kier molecular flexibility index (Phi) is 5.36. The fraction of sp³-hybridized carbons (Fsp3) is 0.176. The zero-order valence-corrected chi connectivity index (χ0v) is 15.3. The third-order valence-corrected chi connectivity index (χ3v) is 5.59. The summed E-state index contributed by atoms with van der Waals surface area (Å²) < 4.78 is 45.3. The van der Waals surface area contributed by atoms with Crippen molar-refractivity contribution >= 4 is 21.6 Å². The first-order chi connectivity index (χ1) is 12.4. The van der Waals surface area contributed by atoms with Gasteiger partial charge >= 0.3 is 0 Å². The molecule has 0 fully saturated rings. The molecule has 9 heteroatoms. The average Bonchev–Trinajstić information content (AvgIpc) is 3.03. The lowest BCUT2D eigenvalue weighted by molar-refractivity contribution is 0.379. The number of nitrogens with zero attached hydrogens (tertiary/aromatic N) is 2. The van der Waals surface area contributed by atoms with E-state index in [9.17, 15) is 12.8 Å². The molecule has 0 atom stereocenters. The van der Waals surface area contributed by atoms with Crippen molar-refractivity contribution < 1.29 is 17.3 Å². The van der Waals surface area contributed by atoms with Crippen LogP contribution in [0.1, 0.15) is 11.5 Å². The summed E-state index contributed by atoms with van der Waals surface area (Å²) >= 11 is 6.09. The highest BCUT2D eigenvalue weighted by molar-refractivity contribution is 7.89. The number of aromatic nitrogens is 2. The van der Waals surface area contributed by atoms with Gasteiger partial charge in [-0.3, -0.25) is 0 Å². The molecular weight excluding hydrogens is 381 g/mol. The van der Waals surface area contributed by atoms with Gasteiger partial charge in [0.2, 0.25) is 21.7 Å². The molecular formula is C17H15ClFN3O3S. The third-order valence-electron chi connectivity index (χ3n) is 3.64. The smallest absolute Gasteiger partial charge is 0.240 e. The second-order valence-electron chi connectivity index (χ2n) is 5.55. The Hall–Kier alpha value is -2.29. The van der Waals surface area contributed by atoms with Crippen LogP contribution in [-0.4, -0.2) is 25.1 Å². The van der Waals surface area contributed by atoms with E-state index in [0.29, 0.717) is 22.0 Å². The lowest BCUT2D eigenvalue weighted by Crippen LogP contribution is -2.26. The minimum absolute atomic E-state index is 0.0289. The Morgan fingerprint density at radius 1 is 1.23 bits per heavy atom. The van der Waals surface area contributed by atoms with E-state index in [2.05, 4.69) is 14.9 Å². The molecule has 0 aliphatic carbocycles. The van der Waals surface area contributed by atoms with Gasteiger partial charge in [-0.05, 0) is 42.8 Å². The van der Waals surface area contributed by atoms with Crippen molar-refractivity contribution in [2.24, 2.45) is 0 Å².